The van der Waals surface area contributed by atoms with Gasteiger partial charge in [-0.15, -0.1) is 0 Å². The molecule has 2 heterocycles. The Hall–Kier alpha value is -6.26. The molecule has 2 unspecified atom stereocenters. The SMILES string of the molecule is NC1=NCCC([C@H]2NC(=O)/C(=C/NC(=O)Nc3ccc(C4CCCCC4)cc3)NC(=O)[C@@H](CO)NC(=O)[C@@H](CO)NC(=O)C(NC(=O)Nc3ccc(Br)cc3)CNC2=O)N1. The zero-order valence-electron chi connectivity index (χ0n) is 32.4. The number of nitrogens with zero attached hydrogens (tertiary/aromatic N) is 1. The number of rotatable bonds is 8. The minimum absolute atomic E-state index is 0.0327. The molecule has 0 bridgehead atoms. The van der Waals surface area contributed by atoms with Crippen LogP contribution >= 0.6 is 15.9 Å². The van der Waals surface area contributed by atoms with Gasteiger partial charge in [0.1, 0.15) is 29.9 Å². The van der Waals surface area contributed by atoms with E-state index < -0.39 is 97.3 Å². The summed E-state index contributed by atoms with van der Waals surface area (Å²) in [6, 6.07) is 4.73. The lowest BCUT2D eigenvalue weighted by molar-refractivity contribution is -0.134. The third-order valence-electron chi connectivity index (χ3n) is 9.96. The number of aliphatic hydroxyl groups is 2. The summed E-state index contributed by atoms with van der Waals surface area (Å²) in [4.78, 5) is 98.2. The summed E-state index contributed by atoms with van der Waals surface area (Å²) in [5, 5.41) is 44.7. The van der Waals surface area contributed by atoms with Crippen LogP contribution in [-0.4, -0.2) is 114 Å². The third kappa shape index (κ3) is 12.9. The highest BCUT2D eigenvalue weighted by Crippen LogP contribution is 2.33. The molecule has 0 aromatic heterocycles. The Balaban J connectivity index is 1.40. The number of carbonyl (C=O) groups is 7. The molecular weight excluding hydrogens is 848 g/mol. The summed E-state index contributed by atoms with van der Waals surface area (Å²) >= 11 is 3.30. The number of guanidine groups is 1. The van der Waals surface area contributed by atoms with Crippen LogP contribution in [0.25, 0.3) is 0 Å². The molecule has 22 heteroatoms. The van der Waals surface area contributed by atoms with Crippen molar-refractivity contribution in [3.8, 4) is 0 Å². The highest BCUT2D eigenvalue weighted by atomic mass is 79.9. The number of hydrogen-bond donors (Lipinski definition) is 13. The zero-order chi connectivity index (χ0) is 43.2. The van der Waals surface area contributed by atoms with Crippen LogP contribution in [0.1, 0.15) is 50.0 Å². The minimum Gasteiger partial charge on any atom is -0.394 e. The summed E-state index contributed by atoms with van der Waals surface area (Å²) in [6.07, 6.45) is 6.77. The van der Waals surface area contributed by atoms with Crippen LogP contribution in [0.2, 0.25) is 0 Å². The summed E-state index contributed by atoms with van der Waals surface area (Å²) in [5.41, 5.74) is 7.25. The monoisotopic (exact) mass is 896 g/mol. The summed E-state index contributed by atoms with van der Waals surface area (Å²) in [6.45, 7) is -2.44. The molecule has 1 saturated heterocycles. The van der Waals surface area contributed by atoms with Gasteiger partial charge in [-0.05, 0) is 67.1 Å². The van der Waals surface area contributed by atoms with Crippen LogP contribution in [0.3, 0.4) is 0 Å². The van der Waals surface area contributed by atoms with Crippen molar-refractivity contribution in [1.82, 2.24) is 42.5 Å². The largest absolute Gasteiger partial charge is 0.394 e. The number of aliphatic imine (C=N–C) groups is 1. The van der Waals surface area contributed by atoms with Gasteiger partial charge in [-0.1, -0.05) is 47.3 Å². The first kappa shape index (κ1) is 44.8. The van der Waals surface area contributed by atoms with Gasteiger partial charge in [-0.3, -0.25) is 29.0 Å². The highest BCUT2D eigenvalue weighted by molar-refractivity contribution is 9.10. The van der Waals surface area contributed by atoms with Crippen LogP contribution in [0.15, 0.2) is 69.9 Å². The van der Waals surface area contributed by atoms with Crippen LogP contribution in [0.5, 0.6) is 0 Å². The maximum Gasteiger partial charge on any atom is 0.323 e. The van der Waals surface area contributed by atoms with Crippen molar-refractivity contribution in [2.75, 3.05) is 36.9 Å². The lowest BCUT2D eigenvalue weighted by Gasteiger charge is -2.31. The fraction of sp³-hybridized carbons (Fsp3) is 0.421. The molecule has 9 amide bonds. The molecule has 2 fully saturated rings. The van der Waals surface area contributed by atoms with Gasteiger partial charge >= 0.3 is 12.1 Å². The highest BCUT2D eigenvalue weighted by Gasteiger charge is 2.36. The Morgan fingerprint density at radius 2 is 1.38 bits per heavy atom. The molecule has 3 aliphatic rings. The van der Waals surface area contributed by atoms with Crippen molar-refractivity contribution < 1.29 is 43.8 Å². The van der Waals surface area contributed by atoms with Gasteiger partial charge in [0.25, 0.3) is 5.91 Å². The number of nitrogens with two attached hydrogens (primary N) is 1. The quantitative estimate of drug-likeness (QED) is 0.143. The van der Waals surface area contributed by atoms with Crippen molar-refractivity contribution in [1.29, 1.82) is 0 Å². The molecule has 322 valence electrons. The molecule has 60 heavy (non-hydrogen) atoms. The van der Waals surface area contributed by atoms with Crippen molar-refractivity contribution >= 4 is 74.9 Å². The average Bonchev–Trinajstić information content (AvgIpc) is 3.24. The number of carbonyl (C=O) groups excluding carboxylic acids is 7. The van der Waals surface area contributed by atoms with E-state index in [0.29, 0.717) is 17.3 Å². The number of amides is 9. The number of anilines is 2. The summed E-state index contributed by atoms with van der Waals surface area (Å²) in [7, 11) is 0. The molecule has 0 radical (unpaired) electrons. The number of hydrogen-bond acceptors (Lipinski definition) is 12. The minimum atomic E-state index is -1.76. The van der Waals surface area contributed by atoms with E-state index in [0.717, 1.165) is 36.4 Å². The molecule has 21 nitrogen and oxygen atoms in total. The first-order chi connectivity index (χ1) is 28.8. The summed E-state index contributed by atoms with van der Waals surface area (Å²) in [5.74, 6) is -4.88. The second kappa shape index (κ2) is 21.7. The van der Waals surface area contributed by atoms with E-state index in [-0.39, 0.29) is 18.9 Å². The topological polar surface area (TPSA) is 319 Å². The molecule has 14 N–H and O–H groups in total. The second-order valence-corrected chi connectivity index (χ2v) is 15.2. The Bertz CT molecular complexity index is 1960. The van der Waals surface area contributed by atoms with E-state index >= 15 is 0 Å². The van der Waals surface area contributed by atoms with Crippen LogP contribution < -0.4 is 58.9 Å². The first-order valence-electron chi connectivity index (χ1n) is 19.3. The molecule has 1 saturated carbocycles. The van der Waals surface area contributed by atoms with E-state index in [9.17, 15) is 43.8 Å². The average molecular weight is 898 g/mol. The van der Waals surface area contributed by atoms with E-state index in [1.165, 1.54) is 12.0 Å². The van der Waals surface area contributed by atoms with Crippen LogP contribution in [-0.2, 0) is 24.0 Å². The maximum absolute atomic E-state index is 14.0. The molecule has 5 atom stereocenters. The smallest absolute Gasteiger partial charge is 0.323 e. The molecule has 5 rings (SSSR count). The number of aliphatic hydroxyl groups excluding tert-OH is 2. The normalized spacial score (nSPS) is 24.2. The van der Waals surface area contributed by atoms with E-state index in [1.54, 1.807) is 36.4 Å². The van der Waals surface area contributed by atoms with Gasteiger partial charge in [-0.25, -0.2) is 9.59 Å². The standard InChI is InChI=1S/C38H49BrN12O9/c39-22-8-12-24(13-9-22)45-38(60)50-27-16-42-35(58)30(25-14-15-41-36(40)49-25)51-32(55)26(46-33(56)28(18-52)48-34(57)29(19-53)47-31(27)54)17-43-37(59)44-23-10-6-21(7-11-23)20-4-2-1-3-5-20/h6-13,17,20,25,27-30,52-53H,1-5,14-16,18-19H2,(H,42,58)(H,46,56)(H,47,54)(H,48,57)(H,51,55)(H3,40,41,49)(H2,43,44,59)(H2,45,50,60)/b26-17-/t25?,27?,28-,29-,30-/m1/s1. The van der Waals surface area contributed by atoms with E-state index in [1.807, 2.05) is 12.1 Å². The van der Waals surface area contributed by atoms with Crippen molar-refractivity contribution in [2.45, 2.75) is 74.7 Å². The Kier molecular flexibility index (Phi) is 16.2. The Labute approximate surface area is 353 Å². The third-order valence-corrected chi connectivity index (χ3v) is 10.5. The fourth-order valence-corrected chi connectivity index (χ4v) is 6.99. The number of nitrogens with one attached hydrogen (secondary N) is 10. The lowest BCUT2D eigenvalue weighted by Crippen LogP contribution is -2.64. The summed E-state index contributed by atoms with van der Waals surface area (Å²) < 4.78 is 0.736. The number of urea groups is 2. The second-order valence-electron chi connectivity index (χ2n) is 14.3. The molecule has 0 spiro atoms. The van der Waals surface area contributed by atoms with Gasteiger partial charge in [0.05, 0.1) is 19.3 Å². The van der Waals surface area contributed by atoms with Crippen molar-refractivity contribution in [2.24, 2.45) is 10.7 Å². The molecule has 1 aliphatic carbocycles. The van der Waals surface area contributed by atoms with Crippen molar-refractivity contribution in [3.63, 3.8) is 0 Å². The Morgan fingerprint density at radius 3 is 2.03 bits per heavy atom. The maximum atomic E-state index is 14.0. The van der Waals surface area contributed by atoms with E-state index in [2.05, 4.69) is 74.1 Å². The van der Waals surface area contributed by atoms with Gasteiger partial charge in [0, 0.05) is 35.1 Å². The molecule has 2 aliphatic heterocycles. The molecule has 2 aromatic carbocycles. The molecule has 2 aromatic rings. The van der Waals surface area contributed by atoms with Gasteiger partial charge < -0.3 is 69.1 Å². The van der Waals surface area contributed by atoms with Crippen LogP contribution in [0.4, 0.5) is 21.0 Å². The number of halogens is 1. The predicted octanol–water partition coefficient (Wildman–Crippen LogP) is -0.988. The Morgan fingerprint density at radius 1 is 0.767 bits per heavy atom. The first-order valence-corrected chi connectivity index (χ1v) is 20.1. The van der Waals surface area contributed by atoms with Gasteiger partial charge in [-0.2, -0.15) is 0 Å². The van der Waals surface area contributed by atoms with E-state index in [4.69, 9.17) is 5.73 Å². The predicted molar refractivity (Wildman–Crippen MR) is 222 cm³/mol. The number of benzene rings is 2. The van der Waals surface area contributed by atoms with Crippen LogP contribution in [0, 0.1) is 0 Å². The fourth-order valence-electron chi connectivity index (χ4n) is 6.72. The van der Waals surface area contributed by atoms with Gasteiger partial charge in [0.2, 0.25) is 23.6 Å². The zero-order valence-corrected chi connectivity index (χ0v) is 34.0. The van der Waals surface area contributed by atoms with Crippen molar-refractivity contribution in [3.05, 3.63) is 70.5 Å². The lowest BCUT2D eigenvalue weighted by atomic mass is 9.84. The van der Waals surface area contributed by atoms with Gasteiger partial charge in [0.15, 0.2) is 5.96 Å². The molecular formula is C38H49BrN12O9.